The highest BCUT2D eigenvalue weighted by atomic mass is 35.5. The third kappa shape index (κ3) is 3.05. The summed E-state index contributed by atoms with van der Waals surface area (Å²) in [4.78, 5) is 4.32. The van der Waals surface area contributed by atoms with Crippen LogP contribution in [0.5, 0.6) is 0 Å². The summed E-state index contributed by atoms with van der Waals surface area (Å²) < 4.78 is 2.10. The number of nitrogens with one attached hydrogen (secondary N) is 1. The zero-order chi connectivity index (χ0) is 13.1. The Labute approximate surface area is 113 Å². The standard InChI is InChI=1S/C14H18ClN3/c1-10(2)9-18-7-6-16-14(18)17-13-5-4-11(3)8-12(13)15/h4-8,10H,9H2,1-3H3,(H,16,17). The first-order valence-corrected chi connectivity index (χ1v) is 6.48. The summed E-state index contributed by atoms with van der Waals surface area (Å²) in [7, 11) is 0. The Morgan fingerprint density at radius 1 is 1.39 bits per heavy atom. The van der Waals surface area contributed by atoms with Crippen LogP contribution in [0.4, 0.5) is 11.6 Å². The van der Waals surface area contributed by atoms with Crippen molar-refractivity contribution in [1.82, 2.24) is 9.55 Å². The van der Waals surface area contributed by atoms with Crippen LogP contribution in [-0.2, 0) is 6.54 Å². The molecule has 18 heavy (non-hydrogen) atoms. The first kappa shape index (κ1) is 13.0. The molecule has 1 aromatic carbocycles. The van der Waals surface area contributed by atoms with Gasteiger partial charge in [0.15, 0.2) is 0 Å². The third-order valence-corrected chi connectivity index (χ3v) is 2.96. The molecule has 1 aromatic heterocycles. The van der Waals surface area contributed by atoms with E-state index in [1.807, 2.05) is 31.3 Å². The topological polar surface area (TPSA) is 29.9 Å². The lowest BCUT2D eigenvalue weighted by Gasteiger charge is -2.12. The third-order valence-electron chi connectivity index (χ3n) is 2.65. The predicted molar refractivity (Wildman–Crippen MR) is 76.5 cm³/mol. The highest BCUT2D eigenvalue weighted by molar-refractivity contribution is 6.33. The fraction of sp³-hybridized carbons (Fsp3) is 0.357. The smallest absolute Gasteiger partial charge is 0.207 e. The van der Waals surface area contributed by atoms with E-state index in [4.69, 9.17) is 11.6 Å². The number of rotatable bonds is 4. The lowest BCUT2D eigenvalue weighted by atomic mass is 10.2. The second-order valence-corrected chi connectivity index (χ2v) is 5.31. The predicted octanol–water partition coefficient (Wildman–Crippen LogP) is 4.24. The molecule has 0 saturated carbocycles. The molecule has 0 unspecified atom stereocenters. The zero-order valence-electron chi connectivity index (χ0n) is 10.9. The molecule has 1 N–H and O–H groups in total. The molecule has 0 atom stereocenters. The van der Waals surface area contributed by atoms with Crippen LogP contribution >= 0.6 is 11.6 Å². The van der Waals surface area contributed by atoms with E-state index in [1.165, 1.54) is 0 Å². The number of hydrogen-bond donors (Lipinski definition) is 1. The number of imidazole rings is 1. The molecule has 0 spiro atoms. The van der Waals surface area contributed by atoms with Gasteiger partial charge in [0.1, 0.15) is 0 Å². The highest BCUT2D eigenvalue weighted by Gasteiger charge is 2.07. The molecule has 0 amide bonds. The number of hydrogen-bond acceptors (Lipinski definition) is 2. The van der Waals surface area contributed by atoms with Crippen LogP contribution < -0.4 is 5.32 Å². The molecule has 96 valence electrons. The monoisotopic (exact) mass is 263 g/mol. The quantitative estimate of drug-likeness (QED) is 0.894. The Hall–Kier alpha value is -1.48. The van der Waals surface area contributed by atoms with E-state index in [-0.39, 0.29) is 0 Å². The maximum atomic E-state index is 6.20. The number of aryl methyl sites for hydroxylation is 1. The zero-order valence-corrected chi connectivity index (χ0v) is 11.7. The summed E-state index contributed by atoms with van der Waals surface area (Å²) in [5, 5.41) is 3.99. The summed E-state index contributed by atoms with van der Waals surface area (Å²) in [6.45, 7) is 7.33. The Morgan fingerprint density at radius 3 is 2.83 bits per heavy atom. The fourth-order valence-electron chi connectivity index (χ4n) is 1.82. The molecule has 0 bridgehead atoms. The van der Waals surface area contributed by atoms with Crippen molar-refractivity contribution >= 4 is 23.2 Å². The molecule has 2 rings (SSSR count). The number of halogens is 1. The molecule has 0 aliphatic rings. The number of anilines is 2. The Morgan fingerprint density at radius 2 is 2.17 bits per heavy atom. The van der Waals surface area contributed by atoms with Crippen LogP contribution in [0.15, 0.2) is 30.6 Å². The van der Waals surface area contributed by atoms with Crippen molar-refractivity contribution in [3.8, 4) is 0 Å². The summed E-state index contributed by atoms with van der Waals surface area (Å²) in [6.07, 6.45) is 3.78. The van der Waals surface area contributed by atoms with Gasteiger partial charge >= 0.3 is 0 Å². The van der Waals surface area contributed by atoms with Gasteiger partial charge in [0.25, 0.3) is 0 Å². The van der Waals surface area contributed by atoms with Crippen LogP contribution in [0.1, 0.15) is 19.4 Å². The Kier molecular flexibility index (Phi) is 3.92. The van der Waals surface area contributed by atoms with Gasteiger partial charge in [-0.05, 0) is 30.5 Å². The van der Waals surface area contributed by atoms with Gasteiger partial charge in [-0.3, -0.25) is 0 Å². The summed E-state index contributed by atoms with van der Waals surface area (Å²) >= 11 is 6.20. The molecular weight excluding hydrogens is 246 g/mol. The van der Waals surface area contributed by atoms with Crippen LogP contribution in [0.3, 0.4) is 0 Å². The van der Waals surface area contributed by atoms with Crippen LogP contribution in [0.2, 0.25) is 5.02 Å². The molecule has 3 nitrogen and oxygen atoms in total. The normalized spacial score (nSPS) is 10.9. The van der Waals surface area contributed by atoms with E-state index in [2.05, 4.69) is 28.7 Å². The second-order valence-electron chi connectivity index (χ2n) is 4.91. The Balaban J connectivity index is 2.21. The van der Waals surface area contributed by atoms with Crippen molar-refractivity contribution in [1.29, 1.82) is 0 Å². The van der Waals surface area contributed by atoms with Gasteiger partial charge in [-0.2, -0.15) is 0 Å². The minimum absolute atomic E-state index is 0.577. The lowest BCUT2D eigenvalue weighted by Crippen LogP contribution is -2.07. The molecule has 0 saturated heterocycles. The molecule has 0 radical (unpaired) electrons. The number of aromatic nitrogens is 2. The maximum absolute atomic E-state index is 6.20. The van der Waals surface area contributed by atoms with Crippen molar-refractivity contribution in [2.75, 3.05) is 5.32 Å². The van der Waals surface area contributed by atoms with E-state index in [0.717, 1.165) is 23.7 Å². The number of nitrogens with zero attached hydrogens (tertiary/aromatic N) is 2. The minimum Gasteiger partial charge on any atom is -0.324 e. The van der Waals surface area contributed by atoms with E-state index in [1.54, 1.807) is 6.20 Å². The summed E-state index contributed by atoms with van der Waals surface area (Å²) in [5.74, 6) is 1.41. The van der Waals surface area contributed by atoms with E-state index >= 15 is 0 Å². The van der Waals surface area contributed by atoms with E-state index in [0.29, 0.717) is 10.9 Å². The van der Waals surface area contributed by atoms with Gasteiger partial charge in [0, 0.05) is 18.9 Å². The SMILES string of the molecule is Cc1ccc(Nc2nccn2CC(C)C)c(Cl)c1. The van der Waals surface area contributed by atoms with Crippen molar-refractivity contribution in [2.24, 2.45) is 5.92 Å². The van der Waals surface area contributed by atoms with Gasteiger partial charge in [-0.25, -0.2) is 4.98 Å². The second kappa shape index (κ2) is 5.44. The average molecular weight is 264 g/mol. The molecular formula is C14H18ClN3. The van der Waals surface area contributed by atoms with Crippen molar-refractivity contribution in [2.45, 2.75) is 27.3 Å². The van der Waals surface area contributed by atoms with Crippen molar-refractivity contribution in [3.05, 3.63) is 41.2 Å². The summed E-state index contributed by atoms with van der Waals surface area (Å²) in [6, 6.07) is 5.95. The van der Waals surface area contributed by atoms with Gasteiger partial charge in [-0.15, -0.1) is 0 Å². The van der Waals surface area contributed by atoms with Gasteiger partial charge in [0.2, 0.25) is 5.95 Å². The first-order chi connectivity index (χ1) is 8.56. The molecule has 1 heterocycles. The summed E-state index contributed by atoms with van der Waals surface area (Å²) in [5.41, 5.74) is 2.04. The van der Waals surface area contributed by atoms with Crippen molar-refractivity contribution < 1.29 is 0 Å². The van der Waals surface area contributed by atoms with Gasteiger partial charge in [-0.1, -0.05) is 31.5 Å². The number of benzene rings is 1. The lowest BCUT2D eigenvalue weighted by molar-refractivity contribution is 0.527. The van der Waals surface area contributed by atoms with Crippen LogP contribution in [0, 0.1) is 12.8 Å². The van der Waals surface area contributed by atoms with Crippen LogP contribution in [-0.4, -0.2) is 9.55 Å². The van der Waals surface area contributed by atoms with Crippen molar-refractivity contribution in [3.63, 3.8) is 0 Å². The van der Waals surface area contributed by atoms with Gasteiger partial charge in [0.05, 0.1) is 10.7 Å². The molecule has 0 fully saturated rings. The minimum atomic E-state index is 0.577. The van der Waals surface area contributed by atoms with E-state index < -0.39 is 0 Å². The maximum Gasteiger partial charge on any atom is 0.207 e. The highest BCUT2D eigenvalue weighted by Crippen LogP contribution is 2.25. The van der Waals surface area contributed by atoms with E-state index in [9.17, 15) is 0 Å². The van der Waals surface area contributed by atoms with Gasteiger partial charge < -0.3 is 9.88 Å². The van der Waals surface area contributed by atoms with Crippen LogP contribution in [0.25, 0.3) is 0 Å². The molecule has 4 heteroatoms. The molecule has 0 aliphatic heterocycles. The Bertz CT molecular complexity index is 532. The molecule has 0 aliphatic carbocycles. The average Bonchev–Trinajstić information content (AvgIpc) is 2.69. The fourth-order valence-corrected chi connectivity index (χ4v) is 2.10. The molecule has 2 aromatic rings. The largest absolute Gasteiger partial charge is 0.324 e. The first-order valence-electron chi connectivity index (χ1n) is 6.10.